The summed E-state index contributed by atoms with van der Waals surface area (Å²) >= 11 is 0. The van der Waals surface area contributed by atoms with Crippen molar-refractivity contribution in [2.45, 2.75) is 37.8 Å². The lowest BCUT2D eigenvalue weighted by molar-refractivity contribution is -0.126. The smallest absolute Gasteiger partial charge is 0.251 e. The Hall–Kier alpha value is -1.34. The first-order valence-corrected chi connectivity index (χ1v) is 8.50. The maximum absolute atomic E-state index is 12.2. The first-order chi connectivity index (χ1) is 11.4. The number of rotatable bonds is 7. The van der Waals surface area contributed by atoms with E-state index in [0.717, 1.165) is 37.8 Å². The third-order valence-electron chi connectivity index (χ3n) is 4.43. The molecule has 0 aromatic heterocycles. The standard InChI is InChI=1S/C18H28N4O2.2ClH/c1-22(2)11-10-20-16(23)15-7-5-6-14(12-15)13-21-17(24)18(19)8-3-4-9-18;;/h5-7,12H,3-4,8-11,13,19H2,1-2H3,(H,20,23)(H,21,24);2*1H. The van der Waals surface area contributed by atoms with E-state index in [1.807, 2.05) is 37.2 Å². The van der Waals surface area contributed by atoms with Crippen LogP contribution in [0.3, 0.4) is 0 Å². The summed E-state index contributed by atoms with van der Waals surface area (Å²) in [6.07, 6.45) is 3.50. The summed E-state index contributed by atoms with van der Waals surface area (Å²) in [5.41, 5.74) is 6.92. The van der Waals surface area contributed by atoms with Crippen molar-refractivity contribution in [1.82, 2.24) is 15.5 Å². The van der Waals surface area contributed by atoms with E-state index >= 15 is 0 Å². The Bertz CT molecular complexity index is 590. The van der Waals surface area contributed by atoms with Gasteiger partial charge >= 0.3 is 0 Å². The fourth-order valence-corrected chi connectivity index (χ4v) is 2.91. The second-order valence-electron chi connectivity index (χ2n) is 6.81. The molecule has 0 heterocycles. The largest absolute Gasteiger partial charge is 0.351 e. The van der Waals surface area contributed by atoms with Crippen LogP contribution in [-0.4, -0.2) is 49.4 Å². The molecule has 4 N–H and O–H groups in total. The lowest BCUT2D eigenvalue weighted by atomic mass is 9.98. The average molecular weight is 405 g/mol. The van der Waals surface area contributed by atoms with Crippen LogP contribution in [-0.2, 0) is 11.3 Å². The van der Waals surface area contributed by atoms with Gasteiger partial charge in [-0.1, -0.05) is 25.0 Å². The summed E-state index contributed by atoms with van der Waals surface area (Å²) in [5, 5.41) is 5.79. The second-order valence-corrected chi connectivity index (χ2v) is 6.81. The molecular weight excluding hydrogens is 375 g/mol. The van der Waals surface area contributed by atoms with Gasteiger partial charge in [0.15, 0.2) is 0 Å². The van der Waals surface area contributed by atoms with Crippen LogP contribution < -0.4 is 16.4 Å². The van der Waals surface area contributed by atoms with Crippen molar-refractivity contribution >= 4 is 36.6 Å². The minimum Gasteiger partial charge on any atom is -0.351 e. The summed E-state index contributed by atoms with van der Waals surface area (Å²) in [6.45, 7) is 1.78. The second kappa shape index (κ2) is 11.4. The summed E-state index contributed by atoms with van der Waals surface area (Å²) in [6, 6.07) is 7.31. The minimum absolute atomic E-state index is 0. The maximum Gasteiger partial charge on any atom is 0.251 e. The number of carbonyl (C=O) groups excluding carboxylic acids is 2. The van der Waals surface area contributed by atoms with Crippen molar-refractivity contribution in [1.29, 1.82) is 0 Å². The number of likely N-dealkylation sites (N-methyl/N-ethyl adjacent to an activating group) is 1. The summed E-state index contributed by atoms with van der Waals surface area (Å²) in [5.74, 6) is -0.197. The van der Waals surface area contributed by atoms with E-state index in [1.54, 1.807) is 6.07 Å². The molecule has 26 heavy (non-hydrogen) atoms. The van der Waals surface area contributed by atoms with Crippen LogP contribution in [0.15, 0.2) is 24.3 Å². The van der Waals surface area contributed by atoms with Crippen molar-refractivity contribution in [3.05, 3.63) is 35.4 Å². The number of nitrogens with one attached hydrogen (secondary N) is 2. The average Bonchev–Trinajstić information content (AvgIpc) is 3.00. The molecule has 0 atom stereocenters. The van der Waals surface area contributed by atoms with Crippen LogP contribution in [0.5, 0.6) is 0 Å². The van der Waals surface area contributed by atoms with Gasteiger partial charge in [-0.15, -0.1) is 24.8 Å². The number of carbonyl (C=O) groups is 2. The Morgan fingerprint density at radius 2 is 1.81 bits per heavy atom. The molecule has 0 aliphatic heterocycles. The molecule has 148 valence electrons. The van der Waals surface area contributed by atoms with E-state index in [1.165, 1.54) is 0 Å². The molecule has 8 heteroatoms. The van der Waals surface area contributed by atoms with E-state index in [9.17, 15) is 9.59 Å². The van der Waals surface area contributed by atoms with Crippen LogP contribution in [0.1, 0.15) is 41.6 Å². The van der Waals surface area contributed by atoms with E-state index in [0.29, 0.717) is 18.7 Å². The molecule has 2 amide bonds. The van der Waals surface area contributed by atoms with Crippen LogP contribution in [0.4, 0.5) is 0 Å². The lowest BCUT2D eigenvalue weighted by Crippen LogP contribution is -2.51. The number of hydrogen-bond acceptors (Lipinski definition) is 4. The fourth-order valence-electron chi connectivity index (χ4n) is 2.91. The molecule has 0 bridgehead atoms. The highest BCUT2D eigenvalue weighted by molar-refractivity contribution is 5.94. The zero-order chi connectivity index (χ0) is 17.6. The minimum atomic E-state index is -0.721. The van der Waals surface area contributed by atoms with Gasteiger partial charge in [-0.25, -0.2) is 0 Å². The van der Waals surface area contributed by atoms with Gasteiger partial charge in [0.05, 0.1) is 5.54 Å². The Morgan fingerprint density at radius 1 is 1.15 bits per heavy atom. The molecule has 2 rings (SSSR count). The molecule has 1 aromatic rings. The van der Waals surface area contributed by atoms with Gasteiger partial charge in [0.25, 0.3) is 5.91 Å². The molecule has 0 saturated heterocycles. The molecule has 1 saturated carbocycles. The molecule has 6 nitrogen and oxygen atoms in total. The zero-order valence-corrected chi connectivity index (χ0v) is 17.0. The molecule has 0 unspecified atom stereocenters. The van der Waals surface area contributed by atoms with Gasteiger partial charge in [-0.2, -0.15) is 0 Å². The van der Waals surface area contributed by atoms with Crippen LogP contribution in [0.25, 0.3) is 0 Å². The molecule has 1 aliphatic carbocycles. The fraction of sp³-hybridized carbons (Fsp3) is 0.556. The highest BCUT2D eigenvalue weighted by atomic mass is 35.5. The highest BCUT2D eigenvalue weighted by Crippen LogP contribution is 2.27. The van der Waals surface area contributed by atoms with Gasteiger partial charge < -0.3 is 21.3 Å². The molecular formula is C18H30Cl2N4O2. The first kappa shape index (κ1) is 24.7. The Labute approximate surface area is 168 Å². The predicted octanol–water partition coefficient (Wildman–Crippen LogP) is 1.71. The molecule has 0 radical (unpaired) electrons. The lowest BCUT2D eigenvalue weighted by Gasteiger charge is -2.22. The molecule has 1 fully saturated rings. The van der Waals surface area contributed by atoms with E-state index in [-0.39, 0.29) is 36.6 Å². The Balaban J connectivity index is 0.00000312. The number of benzene rings is 1. The third-order valence-corrected chi connectivity index (χ3v) is 4.43. The summed E-state index contributed by atoms with van der Waals surface area (Å²) in [7, 11) is 3.92. The van der Waals surface area contributed by atoms with Gasteiger partial charge in [0.2, 0.25) is 5.91 Å². The SMILES string of the molecule is CN(C)CCNC(=O)c1cccc(CNC(=O)C2(N)CCCC2)c1.Cl.Cl. The number of hydrogen-bond donors (Lipinski definition) is 3. The van der Waals surface area contributed by atoms with Gasteiger partial charge in [-0.3, -0.25) is 9.59 Å². The quantitative estimate of drug-likeness (QED) is 0.645. The number of amides is 2. The van der Waals surface area contributed by atoms with Gasteiger partial charge in [0, 0.05) is 25.2 Å². The number of nitrogens with two attached hydrogens (primary N) is 1. The van der Waals surface area contributed by atoms with Crippen molar-refractivity contribution in [3.63, 3.8) is 0 Å². The highest BCUT2D eigenvalue weighted by Gasteiger charge is 2.36. The van der Waals surface area contributed by atoms with Crippen molar-refractivity contribution < 1.29 is 9.59 Å². The van der Waals surface area contributed by atoms with Crippen molar-refractivity contribution in [2.75, 3.05) is 27.2 Å². The van der Waals surface area contributed by atoms with Gasteiger partial charge in [0.1, 0.15) is 0 Å². The predicted molar refractivity (Wildman–Crippen MR) is 109 cm³/mol. The zero-order valence-electron chi connectivity index (χ0n) is 15.4. The topological polar surface area (TPSA) is 87.5 Å². The Kier molecular flexibility index (Phi) is 10.8. The molecule has 1 aromatic carbocycles. The maximum atomic E-state index is 12.2. The molecule has 1 aliphatic rings. The number of nitrogens with zero attached hydrogens (tertiary/aromatic N) is 1. The third kappa shape index (κ3) is 7.11. The van der Waals surface area contributed by atoms with Crippen LogP contribution in [0.2, 0.25) is 0 Å². The van der Waals surface area contributed by atoms with Crippen molar-refractivity contribution in [3.8, 4) is 0 Å². The summed E-state index contributed by atoms with van der Waals surface area (Å²) in [4.78, 5) is 26.4. The monoisotopic (exact) mass is 404 g/mol. The van der Waals surface area contributed by atoms with Gasteiger partial charge in [-0.05, 0) is 44.6 Å². The normalized spacial score (nSPS) is 14.9. The van der Waals surface area contributed by atoms with Crippen molar-refractivity contribution in [2.24, 2.45) is 5.73 Å². The van der Waals surface area contributed by atoms with Crippen LogP contribution >= 0.6 is 24.8 Å². The van der Waals surface area contributed by atoms with Crippen LogP contribution in [0, 0.1) is 0 Å². The first-order valence-electron chi connectivity index (χ1n) is 8.50. The van der Waals surface area contributed by atoms with E-state index in [2.05, 4.69) is 10.6 Å². The Morgan fingerprint density at radius 3 is 2.42 bits per heavy atom. The summed E-state index contributed by atoms with van der Waals surface area (Å²) < 4.78 is 0. The molecule has 0 spiro atoms. The number of halogens is 2. The van der Waals surface area contributed by atoms with E-state index in [4.69, 9.17) is 5.73 Å². The van der Waals surface area contributed by atoms with E-state index < -0.39 is 5.54 Å².